The maximum Gasteiger partial charge on any atom is 0.320 e. The molecule has 1 aliphatic rings. The third-order valence-corrected chi connectivity index (χ3v) is 3.50. The second-order valence-electron chi connectivity index (χ2n) is 4.90. The number of carboxylic acid groups (broad SMARTS) is 1. The van der Waals surface area contributed by atoms with Gasteiger partial charge in [-0.05, 0) is 37.9 Å². The maximum absolute atomic E-state index is 11.1. The molecule has 0 aromatic heterocycles. The molecule has 19 heavy (non-hydrogen) atoms. The second kappa shape index (κ2) is 7.14. The third kappa shape index (κ3) is 4.24. The third-order valence-electron chi connectivity index (χ3n) is 3.50. The number of rotatable bonds is 6. The molecule has 1 saturated heterocycles. The minimum Gasteiger partial charge on any atom is -0.494 e. The Morgan fingerprint density at radius 3 is 2.84 bits per heavy atom. The standard InChI is InChI=1S/C15H21NO3/c17-15(18)14-9-4-5-10-16(14)11-6-12-19-13-7-2-1-3-8-13/h1-3,7-8,14H,4-6,9-12H2,(H,17,18)/t14-/m0/s1. The van der Waals surface area contributed by atoms with Gasteiger partial charge in [0, 0.05) is 6.54 Å². The Bertz CT molecular complexity index is 394. The molecule has 1 fully saturated rings. The average Bonchev–Trinajstić information content (AvgIpc) is 2.45. The maximum atomic E-state index is 11.1. The summed E-state index contributed by atoms with van der Waals surface area (Å²) in [7, 11) is 0. The van der Waals surface area contributed by atoms with Crippen molar-refractivity contribution in [1.29, 1.82) is 0 Å². The number of para-hydroxylation sites is 1. The van der Waals surface area contributed by atoms with Crippen molar-refractivity contribution in [3.8, 4) is 5.75 Å². The van der Waals surface area contributed by atoms with Gasteiger partial charge in [0.15, 0.2) is 0 Å². The topological polar surface area (TPSA) is 49.8 Å². The van der Waals surface area contributed by atoms with E-state index in [-0.39, 0.29) is 6.04 Å². The molecular formula is C15H21NO3. The second-order valence-corrected chi connectivity index (χ2v) is 4.90. The minimum absolute atomic E-state index is 0.300. The normalized spacial score (nSPS) is 20.1. The Balaban J connectivity index is 1.71. The number of piperidine rings is 1. The number of carbonyl (C=O) groups is 1. The summed E-state index contributed by atoms with van der Waals surface area (Å²) in [5.74, 6) is 0.180. The van der Waals surface area contributed by atoms with Crippen LogP contribution in [0.5, 0.6) is 5.75 Å². The molecule has 0 radical (unpaired) electrons. The highest BCUT2D eigenvalue weighted by Crippen LogP contribution is 2.17. The molecule has 0 bridgehead atoms. The summed E-state index contributed by atoms with van der Waals surface area (Å²) in [6.45, 7) is 2.32. The molecule has 1 aromatic rings. The van der Waals surface area contributed by atoms with Gasteiger partial charge in [-0.15, -0.1) is 0 Å². The number of carboxylic acids is 1. The first-order chi connectivity index (χ1) is 9.27. The summed E-state index contributed by atoms with van der Waals surface area (Å²) in [6.07, 6.45) is 3.75. The monoisotopic (exact) mass is 263 g/mol. The van der Waals surface area contributed by atoms with Crippen LogP contribution in [0, 0.1) is 0 Å². The fraction of sp³-hybridized carbons (Fsp3) is 0.533. The van der Waals surface area contributed by atoms with Crippen LogP contribution in [0.2, 0.25) is 0 Å². The molecule has 0 aliphatic carbocycles. The molecule has 1 heterocycles. The van der Waals surface area contributed by atoms with Crippen LogP contribution in [0.3, 0.4) is 0 Å². The fourth-order valence-electron chi connectivity index (χ4n) is 2.51. The zero-order valence-electron chi connectivity index (χ0n) is 11.1. The number of likely N-dealkylation sites (tertiary alicyclic amines) is 1. The number of hydrogen-bond donors (Lipinski definition) is 1. The van der Waals surface area contributed by atoms with E-state index in [2.05, 4.69) is 4.90 Å². The van der Waals surface area contributed by atoms with Gasteiger partial charge >= 0.3 is 5.97 Å². The summed E-state index contributed by atoms with van der Waals surface area (Å²) in [5, 5.41) is 9.17. The van der Waals surface area contributed by atoms with E-state index in [1.54, 1.807) is 0 Å². The molecule has 4 nitrogen and oxygen atoms in total. The van der Waals surface area contributed by atoms with E-state index in [1.165, 1.54) is 0 Å². The number of hydrogen-bond acceptors (Lipinski definition) is 3. The molecule has 1 aromatic carbocycles. The van der Waals surface area contributed by atoms with Crippen molar-refractivity contribution in [3.63, 3.8) is 0 Å². The highest BCUT2D eigenvalue weighted by atomic mass is 16.5. The van der Waals surface area contributed by atoms with Crippen LogP contribution in [0.15, 0.2) is 30.3 Å². The first-order valence-electron chi connectivity index (χ1n) is 6.92. The molecule has 4 heteroatoms. The van der Waals surface area contributed by atoms with E-state index < -0.39 is 5.97 Å². The van der Waals surface area contributed by atoms with E-state index in [1.807, 2.05) is 30.3 Å². The van der Waals surface area contributed by atoms with Crippen molar-refractivity contribution in [2.24, 2.45) is 0 Å². The molecule has 0 unspecified atom stereocenters. The van der Waals surface area contributed by atoms with Gasteiger partial charge in [-0.1, -0.05) is 24.6 Å². The lowest BCUT2D eigenvalue weighted by molar-refractivity contribution is -0.144. The summed E-state index contributed by atoms with van der Waals surface area (Å²) in [6, 6.07) is 9.41. The Kier molecular flexibility index (Phi) is 5.21. The average molecular weight is 263 g/mol. The zero-order chi connectivity index (χ0) is 13.5. The molecule has 1 aliphatic heterocycles. The Hall–Kier alpha value is -1.55. The van der Waals surface area contributed by atoms with Crippen LogP contribution in [-0.2, 0) is 4.79 Å². The van der Waals surface area contributed by atoms with Crippen LogP contribution in [0.1, 0.15) is 25.7 Å². The van der Waals surface area contributed by atoms with Crippen LogP contribution in [0.25, 0.3) is 0 Å². The van der Waals surface area contributed by atoms with Crippen LogP contribution in [0.4, 0.5) is 0 Å². The molecule has 2 rings (SSSR count). The SMILES string of the molecule is O=C(O)[C@@H]1CCCCN1CCCOc1ccccc1. The van der Waals surface area contributed by atoms with Crippen LogP contribution >= 0.6 is 0 Å². The van der Waals surface area contributed by atoms with Gasteiger partial charge in [-0.3, -0.25) is 9.69 Å². The van der Waals surface area contributed by atoms with Crippen LogP contribution < -0.4 is 4.74 Å². The quantitative estimate of drug-likeness (QED) is 0.801. The fourth-order valence-corrected chi connectivity index (χ4v) is 2.51. The first-order valence-corrected chi connectivity index (χ1v) is 6.92. The van der Waals surface area contributed by atoms with Crippen molar-refractivity contribution in [2.75, 3.05) is 19.7 Å². The first kappa shape index (κ1) is 13.9. The smallest absolute Gasteiger partial charge is 0.320 e. The van der Waals surface area contributed by atoms with Gasteiger partial charge in [-0.2, -0.15) is 0 Å². The molecule has 0 spiro atoms. The summed E-state index contributed by atoms with van der Waals surface area (Å²) in [4.78, 5) is 13.2. The van der Waals surface area contributed by atoms with Gasteiger partial charge in [0.05, 0.1) is 6.61 Å². The summed E-state index contributed by atoms with van der Waals surface area (Å²) in [5.41, 5.74) is 0. The predicted molar refractivity (Wildman–Crippen MR) is 73.4 cm³/mol. The van der Waals surface area contributed by atoms with E-state index in [0.29, 0.717) is 6.61 Å². The van der Waals surface area contributed by atoms with Gasteiger partial charge in [0.25, 0.3) is 0 Å². The lowest BCUT2D eigenvalue weighted by Gasteiger charge is -2.32. The largest absolute Gasteiger partial charge is 0.494 e. The lowest BCUT2D eigenvalue weighted by atomic mass is 10.0. The van der Waals surface area contributed by atoms with Gasteiger partial charge in [0.1, 0.15) is 11.8 Å². The van der Waals surface area contributed by atoms with Crippen molar-refractivity contribution < 1.29 is 14.6 Å². The number of aliphatic carboxylic acids is 1. The lowest BCUT2D eigenvalue weighted by Crippen LogP contribution is -2.45. The minimum atomic E-state index is -0.691. The predicted octanol–water partition coefficient (Wildman–Crippen LogP) is 2.39. The highest BCUT2D eigenvalue weighted by molar-refractivity contribution is 5.73. The Morgan fingerprint density at radius 1 is 1.32 bits per heavy atom. The van der Waals surface area contributed by atoms with Crippen molar-refractivity contribution in [1.82, 2.24) is 4.90 Å². The molecule has 104 valence electrons. The van der Waals surface area contributed by atoms with Gasteiger partial charge in [-0.25, -0.2) is 0 Å². The van der Waals surface area contributed by atoms with Crippen molar-refractivity contribution >= 4 is 5.97 Å². The van der Waals surface area contributed by atoms with Gasteiger partial charge < -0.3 is 9.84 Å². The summed E-state index contributed by atoms with van der Waals surface area (Å²) >= 11 is 0. The number of nitrogens with zero attached hydrogens (tertiary/aromatic N) is 1. The molecule has 0 amide bonds. The van der Waals surface area contributed by atoms with Crippen molar-refractivity contribution in [2.45, 2.75) is 31.7 Å². The molecule has 1 atom stereocenters. The van der Waals surface area contributed by atoms with Crippen LogP contribution in [-0.4, -0.2) is 41.7 Å². The van der Waals surface area contributed by atoms with E-state index in [0.717, 1.165) is 44.5 Å². The van der Waals surface area contributed by atoms with Crippen molar-refractivity contribution in [3.05, 3.63) is 30.3 Å². The number of benzene rings is 1. The summed E-state index contributed by atoms with van der Waals surface area (Å²) < 4.78 is 5.62. The highest BCUT2D eigenvalue weighted by Gasteiger charge is 2.27. The van der Waals surface area contributed by atoms with E-state index in [9.17, 15) is 9.90 Å². The van der Waals surface area contributed by atoms with E-state index >= 15 is 0 Å². The molecule has 0 saturated carbocycles. The Morgan fingerprint density at radius 2 is 2.11 bits per heavy atom. The molecule has 1 N–H and O–H groups in total. The van der Waals surface area contributed by atoms with Gasteiger partial charge in [0.2, 0.25) is 0 Å². The Labute approximate surface area is 114 Å². The number of ether oxygens (including phenoxy) is 1. The molecular weight excluding hydrogens is 242 g/mol. The van der Waals surface area contributed by atoms with E-state index in [4.69, 9.17) is 4.74 Å². The zero-order valence-corrected chi connectivity index (χ0v) is 11.1.